The second kappa shape index (κ2) is 5.51. The Kier molecular flexibility index (Phi) is 3.71. The number of hydrogen-bond donors (Lipinski definition) is 1. The van der Waals surface area contributed by atoms with Crippen molar-refractivity contribution in [2.45, 2.75) is 12.5 Å². The predicted octanol–water partition coefficient (Wildman–Crippen LogP) is 3.63. The lowest BCUT2D eigenvalue weighted by Crippen LogP contribution is -2.39. The summed E-state index contributed by atoms with van der Waals surface area (Å²) in [7, 11) is 0. The Balaban J connectivity index is 2.00. The van der Waals surface area contributed by atoms with Crippen molar-refractivity contribution >= 4 is 15.9 Å². The summed E-state index contributed by atoms with van der Waals surface area (Å²) in [6.45, 7) is 0.184. The summed E-state index contributed by atoms with van der Waals surface area (Å²) >= 11 is 3.44. The molecule has 0 spiro atoms. The Bertz CT molecular complexity index is 710. The standard InChI is InChI=1S/C17H14BrNO2/c18-14-7-3-2-6-13(14)16(20)17(10-19)9-12-5-1-4-8-15(12)21-11-17/h1-8,16,20H,9,11H2. The van der Waals surface area contributed by atoms with Crippen molar-refractivity contribution in [1.82, 2.24) is 0 Å². The fourth-order valence-corrected chi connectivity index (χ4v) is 3.19. The Hall–Kier alpha value is -1.83. The van der Waals surface area contributed by atoms with Gasteiger partial charge in [0.1, 0.15) is 23.9 Å². The monoisotopic (exact) mass is 343 g/mol. The van der Waals surface area contributed by atoms with Crippen LogP contribution in [-0.2, 0) is 6.42 Å². The number of nitrogens with zero attached hydrogens (tertiary/aromatic N) is 1. The highest BCUT2D eigenvalue weighted by Gasteiger charge is 2.44. The Morgan fingerprint density at radius 3 is 2.67 bits per heavy atom. The van der Waals surface area contributed by atoms with Crippen molar-refractivity contribution in [1.29, 1.82) is 5.26 Å². The number of nitriles is 1. The summed E-state index contributed by atoms with van der Waals surface area (Å²) in [5, 5.41) is 20.5. The second-order valence-corrected chi connectivity index (χ2v) is 6.12. The molecule has 4 heteroatoms. The third-order valence-electron chi connectivity index (χ3n) is 3.91. The minimum absolute atomic E-state index is 0.184. The van der Waals surface area contributed by atoms with Gasteiger partial charge in [-0.2, -0.15) is 5.26 Å². The molecular weight excluding hydrogens is 330 g/mol. The van der Waals surface area contributed by atoms with E-state index in [9.17, 15) is 10.4 Å². The first-order valence-electron chi connectivity index (χ1n) is 6.71. The van der Waals surface area contributed by atoms with E-state index in [0.717, 1.165) is 15.8 Å². The molecule has 1 N–H and O–H groups in total. The van der Waals surface area contributed by atoms with Crippen molar-refractivity contribution in [2.24, 2.45) is 5.41 Å². The van der Waals surface area contributed by atoms with Crippen LogP contribution in [0.5, 0.6) is 5.75 Å². The first-order valence-corrected chi connectivity index (χ1v) is 7.50. The molecule has 2 unspecified atom stereocenters. The zero-order valence-electron chi connectivity index (χ0n) is 11.3. The number of halogens is 1. The molecule has 1 heterocycles. The molecule has 2 aromatic rings. The van der Waals surface area contributed by atoms with Crippen molar-refractivity contribution in [3.05, 3.63) is 64.1 Å². The average Bonchev–Trinajstić information content (AvgIpc) is 2.54. The van der Waals surface area contributed by atoms with Crippen molar-refractivity contribution < 1.29 is 9.84 Å². The summed E-state index contributed by atoms with van der Waals surface area (Å²) in [6.07, 6.45) is -0.436. The maximum Gasteiger partial charge on any atom is 0.125 e. The van der Waals surface area contributed by atoms with Gasteiger partial charge >= 0.3 is 0 Å². The highest BCUT2D eigenvalue weighted by molar-refractivity contribution is 9.10. The number of benzene rings is 2. The van der Waals surface area contributed by atoms with Crippen LogP contribution in [0.25, 0.3) is 0 Å². The number of hydrogen-bond acceptors (Lipinski definition) is 3. The Labute approximate surface area is 131 Å². The second-order valence-electron chi connectivity index (χ2n) is 5.27. The normalized spacial score (nSPS) is 21.8. The van der Waals surface area contributed by atoms with Crippen LogP contribution in [0.1, 0.15) is 17.2 Å². The van der Waals surface area contributed by atoms with Gasteiger partial charge in [-0.3, -0.25) is 0 Å². The molecule has 0 radical (unpaired) electrons. The summed E-state index contributed by atoms with van der Waals surface area (Å²) in [6, 6.07) is 17.4. The van der Waals surface area contributed by atoms with Gasteiger partial charge in [0, 0.05) is 10.9 Å². The lowest BCUT2D eigenvalue weighted by atomic mass is 9.74. The van der Waals surface area contributed by atoms with E-state index in [1.807, 2.05) is 48.5 Å². The van der Waals surface area contributed by atoms with Gasteiger partial charge in [0.25, 0.3) is 0 Å². The van der Waals surface area contributed by atoms with Crippen LogP contribution in [0.15, 0.2) is 53.0 Å². The van der Waals surface area contributed by atoms with Gasteiger partial charge in [-0.05, 0) is 23.3 Å². The fourth-order valence-electron chi connectivity index (χ4n) is 2.69. The topological polar surface area (TPSA) is 53.2 Å². The Morgan fingerprint density at radius 2 is 1.90 bits per heavy atom. The first kappa shape index (κ1) is 14.1. The molecule has 0 bridgehead atoms. The molecule has 1 aliphatic rings. The molecule has 0 amide bonds. The zero-order valence-corrected chi connectivity index (χ0v) is 12.9. The van der Waals surface area contributed by atoms with E-state index in [1.165, 1.54) is 0 Å². The third-order valence-corrected chi connectivity index (χ3v) is 4.63. The van der Waals surface area contributed by atoms with Gasteiger partial charge in [-0.15, -0.1) is 0 Å². The van der Waals surface area contributed by atoms with E-state index < -0.39 is 11.5 Å². The average molecular weight is 344 g/mol. The number of ether oxygens (including phenoxy) is 1. The van der Waals surface area contributed by atoms with E-state index >= 15 is 0 Å². The van der Waals surface area contributed by atoms with Crippen LogP contribution >= 0.6 is 15.9 Å². The fraction of sp³-hybridized carbons (Fsp3) is 0.235. The van der Waals surface area contributed by atoms with E-state index in [-0.39, 0.29) is 6.61 Å². The van der Waals surface area contributed by atoms with Crippen LogP contribution in [0.2, 0.25) is 0 Å². The van der Waals surface area contributed by atoms with E-state index in [0.29, 0.717) is 12.0 Å². The molecular formula is C17H14BrNO2. The molecule has 0 aliphatic carbocycles. The lowest BCUT2D eigenvalue weighted by molar-refractivity contribution is 0.0167. The van der Waals surface area contributed by atoms with Crippen LogP contribution < -0.4 is 4.74 Å². The highest BCUT2D eigenvalue weighted by atomic mass is 79.9. The molecule has 0 saturated carbocycles. The van der Waals surface area contributed by atoms with E-state index in [2.05, 4.69) is 22.0 Å². The van der Waals surface area contributed by atoms with Gasteiger partial charge in [0.05, 0.1) is 6.07 Å². The number of fused-ring (bicyclic) bond motifs is 1. The van der Waals surface area contributed by atoms with Gasteiger partial charge < -0.3 is 9.84 Å². The molecule has 3 rings (SSSR count). The smallest absolute Gasteiger partial charge is 0.125 e. The van der Waals surface area contributed by atoms with Crippen LogP contribution in [0, 0.1) is 16.7 Å². The molecule has 21 heavy (non-hydrogen) atoms. The lowest BCUT2D eigenvalue weighted by Gasteiger charge is -2.36. The van der Waals surface area contributed by atoms with Gasteiger partial charge in [0.2, 0.25) is 0 Å². The minimum Gasteiger partial charge on any atom is -0.492 e. The van der Waals surface area contributed by atoms with Crippen LogP contribution in [0.4, 0.5) is 0 Å². The van der Waals surface area contributed by atoms with Crippen molar-refractivity contribution in [3.8, 4) is 11.8 Å². The third kappa shape index (κ3) is 2.44. The summed E-state index contributed by atoms with van der Waals surface area (Å²) < 4.78 is 6.51. The largest absolute Gasteiger partial charge is 0.492 e. The predicted molar refractivity (Wildman–Crippen MR) is 82.8 cm³/mol. The summed E-state index contributed by atoms with van der Waals surface area (Å²) in [4.78, 5) is 0. The summed E-state index contributed by atoms with van der Waals surface area (Å²) in [5.74, 6) is 0.794. The van der Waals surface area contributed by atoms with Gasteiger partial charge in [-0.1, -0.05) is 52.3 Å². The highest BCUT2D eigenvalue weighted by Crippen LogP contribution is 2.44. The molecule has 0 aromatic heterocycles. The number of rotatable bonds is 2. The first-order chi connectivity index (χ1) is 10.2. The van der Waals surface area contributed by atoms with Gasteiger partial charge in [0.15, 0.2) is 0 Å². The molecule has 0 saturated heterocycles. The van der Waals surface area contributed by atoms with E-state index in [1.54, 1.807) is 0 Å². The Morgan fingerprint density at radius 1 is 1.19 bits per heavy atom. The zero-order chi connectivity index (χ0) is 14.9. The molecule has 1 aliphatic heterocycles. The molecule has 0 fully saturated rings. The van der Waals surface area contributed by atoms with E-state index in [4.69, 9.17) is 4.74 Å². The maximum atomic E-state index is 10.8. The van der Waals surface area contributed by atoms with Crippen LogP contribution in [0.3, 0.4) is 0 Å². The maximum absolute atomic E-state index is 10.8. The number of aliphatic hydroxyl groups is 1. The number of aliphatic hydroxyl groups excluding tert-OH is 1. The van der Waals surface area contributed by atoms with Gasteiger partial charge in [-0.25, -0.2) is 0 Å². The molecule has 106 valence electrons. The minimum atomic E-state index is -0.974. The molecule has 2 atom stereocenters. The quantitative estimate of drug-likeness (QED) is 0.905. The van der Waals surface area contributed by atoms with Crippen molar-refractivity contribution in [2.75, 3.05) is 6.61 Å². The molecule has 3 nitrogen and oxygen atoms in total. The summed E-state index contributed by atoms with van der Waals surface area (Å²) in [5.41, 5.74) is 0.691. The SMILES string of the molecule is N#CC1(C(O)c2ccccc2Br)COc2ccccc2C1. The number of para-hydroxylation sites is 1. The van der Waals surface area contributed by atoms with Crippen molar-refractivity contribution in [3.63, 3.8) is 0 Å². The van der Waals surface area contributed by atoms with Crippen LogP contribution in [-0.4, -0.2) is 11.7 Å². The molecule has 2 aromatic carbocycles.